The molecule has 0 aliphatic carbocycles. The number of likely N-dealkylation sites (N-methyl/N-ethyl adjacent to an activating group) is 3. The molecule has 0 unspecified atom stereocenters. The number of nitrogens with zero attached hydrogens (tertiary/aromatic N) is 5. The molecule has 2 saturated heterocycles. The molecule has 0 radical (unpaired) electrons. The van der Waals surface area contributed by atoms with Crippen LogP contribution in [0.4, 0.5) is 0 Å². The number of hydrogen-bond donors (Lipinski definition) is 14. The number of aromatic nitrogens is 1. The highest BCUT2D eigenvalue weighted by Crippen LogP contribution is 2.28. The van der Waals surface area contributed by atoms with Crippen molar-refractivity contribution in [2.45, 2.75) is 229 Å². The number of carbonyl (C=O) groups excluding carboxylic acids is 15. The number of H-pyrrole nitrogens is 1. The zero-order valence-electron chi connectivity index (χ0n) is 75.9. The van der Waals surface area contributed by atoms with Gasteiger partial charge in [0.05, 0.1) is 24.4 Å². The molecule has 2 fully saturated rings. The normalized spacial score (nSPS) is 16.2. The number of aromatic amines is 1. The maximum Gasteiger partial charge on any atom is 0.303 e. The molecule has 8 rings (SSSR count). The molecule has 708 valence electrons. The third-order valence-electron chi connectivity index (χ3n) is 23.6. The fourth-order valence-corrected chi connectivity index (χ4v) is 17.2. The molecule has 17 N–H and O–H groups in total. The van der Waals surface area contributed by atoms with Crippen molar-refractivity contribution in [2.24, 2.45) is 29.0 Å². The number of para-hydroxylation sites is 1. The molecule has 3 heterocycles. The summed E-state index contributed by atoms with van der Waals surface area (Å²) < 4.78 is 0. The van der Waals surface area contributed by atoms with Crippen LogP contribution in [0.2, 0.25) is 0 Å². The average Bonchev–Trinajstić information content (AvgIpc) is 1.79. The van der Waals surface area contributed by atoms with Crippen LogP contribution in [0.5, 0.6) is 5.75 Å². The molecule has 5 aromatic carbocycles. The van der Waals surface area contributed by atoms with Gasteiger partial charge in [0.2, 0.25) is 82.7 Å². The number of rotatable bonds is 52. The van der Waals surface area contributed by atoms with Crippen molar-refractivity contribution in [3.8, 4) is 5.75 Å². The second-order valence-corrected chi connectivity index (χ2v) is 35.4. The number of phenols is 1. The Morgan fingerprint density at radius 1 is 0.534 bits per heavy atom. The Labute approximate surface area is 768 Å². The molecule has 131 heavy (non-hydrogen) atoms. The zero-order chi connectivity index (χ0) is 95.5. The van der Waals surface area contributed by atoms with E-state index in [2.05, 4.69) is 47.5 Å². The van der Waals surface area contributed by atoms with Gasteiger partial charge in [-0.15, -0.1) is 11.8 Å². The summed E-state index contributed by atoms with van der Waals surface area (Å²) in [5, 5.41) is 42.4. The van der Waals surface area contributed by atoms with Crippen molar-refractivity contribution < 1.29 is 86.9 Å². The van der Waals surface area contributed by atoms with E-state index >= 15 is 33.6 Å². The molecule has 2 aliphatic heterocycles. The summed E-state index contributed by atoms with van der Waals surface area (Å²) in [4.78, 5) is 238. The van der Waals surface area contributed by atoms with Gasteiger partial charge in [-0.25, -0.2) is 0 Å². The number of carbonyl (C=O) groups is 16. The number of likely N-dealkylation sites (tertiary alicyclic amines) is 2. The van der Waals surface area contributed by atoms with Gasteiger partial charge in [0.15, 0.2) is 0 Å². The summed E-state index contributed by atoms with van der Waals surface area (Å²) in [6, 6.07) is 23.4. The van der Waals surface area contributed by atoms with E-state index in [0.29, 0.717) is 67.1 Å². The SMILES string of the molecule is CCCC[C@@H](C(=O)N1CCC[C@@H]1C(=O)N[C@@H](CCCCN)C(=O)N[C@H](C(=O)N(C)[C@@H](Cc1ccccc1)C(=O)N[C@@H](CCC(=O)O)C(=O)N1CCC[C@@H]1C(=O)N[C@H](C=O)Cc1c[nH]c2ccccc12)C(C)C)N(C)C(=O)[C@H](Cc1ccccc1)N(C)C(=O)[C@H](Cc1ccccc1)NC(=O)CSC[C@H](NC(=O)[C@H](CC(C)C)NC(=O)[C@@H](N)Cc1ccc(O)cc1)C(=O)NCC(N)=O. The maximum absolute atomic E-state index is 15.7. The summed E-state index contributed by atoms with van der Waals surface area (Å²) >= 11 is 0.901. The van der Waals surface area contributed by atoms with Gasteiger partial charge in [-0.1, -0.05) is 169 Å². The molecular weight excluding hydrogens is 1700 g/mol. The lowest BCUT2D eigenvalue weighted by atomic mass is 9.98. The number of nitrogens with two attached hydrogens (primary N) is 3. The standard InChI is InChI=1S/C95H129N17O18S/c1-9-10-35-77(108(6)93(128)79(51-62-30-18-13-19-31-62)110(8)91(126)73(49-60-26-14-11-15-27-60)102-81(116)57-131-56-74(85(120)100-54-80(98)115)106-87(122)72(47-58(2)3)105-84(119)68(97)48-63-38-40-66(114)41-39-63)94(129)112-46-25-37-76(112)89(124)103-70(34-22-23-44-96)86(121)107-83(59(4)5)95(130)109(7)78(50-61-28-16-12-17-29-61)90(125)104-71(42-43-82(117)118)92(127)111-45-24-36-75(111)88(123)101-65(55-113)52-64-53-99-69-33-21-20-32-67(64)69/h11-21,26-33,38-41,53,55,58-59,65,68,70-79,83,99,114H,9-10,22-25,34-37,42-52,54,56-57,96-97H2,1-8H3,(H2,98,115)(H,100,120)(H,101,123)(H,102,116)(H,103,124)(H,104,125)(H,105,119)(H,106,122)(H,107,121)(H,117,118)/t65-,68-,70-,71-,72-,73-,74-,75+,76+,77-,78-,79-,83-/m0/s1. The molecule has 14 amide bonds. The van der Waals surface area contributed by atoms with Crippen LogP contribution < -0.4 is 59.7 Å². The van der Waals surface area contributed by atoms with Gasteiger partial charge < -0.3 is 104 Å². The number of amides is 14. The van der Waals surface area contributed by atoms with Crippen LogP contribution in [0, 0.1) is 11.8 Å². The number of aliphatic carboxylic acids is 1. The lowest BCUT2D eigenvalue weighted by Crippen LogP contribution is -2.61. The van der Waals surface area contributed by atoms with E-state index in [1.54, 1.807) is 123 Å². The summed E-state index contributed by atoms with van der Waals surface area (Å²) in [5.41, 5.74) is 21.7. The molecule has 2 aliphatic rings. The van der Waals surface area contributed by atoms with Gasteiger partial charge in [0.1, 0.15) is 78.5 Å². The maximum atomic E-state index is 15.7. The highest BCUT2D eigenvalue weighted by molar-refractivity contribution is 8.00. The zero-order valence-corrected chi connectivity index (χ0v) is 76.7. The van der Waals surface area contributed by atoms with Gasteiger partial charge in [-0.2, -0.15) is 0 Å². The number of hydrogen-bond acceptors (Lipinski definition) is 20. The van der Waals surface area contributed by atoms with Crippen LogP contribution in [0.15, 0.2) is 146 Å². The van der Waals surface area contributed by atoms with Crippen molar-refractivity contribution in [3.05, 3.63) is 174 Å². The predicted molar refractivity (Wildman–Crippen MR) is 494 cm³/mol. The Morgan fingerprint density at radius 2 is 1.08 bits per heavy atom. The largest absolute Gasteiger partial charge is 0.508 e. The van der Waals surface area contributed by atoms with E-state index < -0.39 is 198 Å². The number of aldehydes is 1. The summed E-state index contributed by atoms with van der Waals surface area (Å²) in [5.74, 6) is -13.0. The van der Waals surface area contributed by atoms with Crippen molar-refractivity contribution in [1.29, 1.82) is 0 Å². The van der Waals surface area contributed by atoms with Gasteiger partial charge in [0.25, 0.3) is 0 Å². The third kappa shape index (κ3) is 31.1. The van der Waals surface area contributed by atoms with Crippen molar-refractivity contribution in [2.75, 3.05) is 58.8 Å². The van der Waals surface area contributed by atoms with Crippen LogP contribution in [0.3, 0.4) is 0 Å². The predicted octanol–water partition coefficient (Wildman–Crippen LogP) is 2.99. The van der Waals surface area contributed by atoms with E-state index in [1.165, 1.54) is 52.9 Å². The van der Waals surface area contributed by atoms with Crippen LogP contribution in [-0.4, -0.2) is 272 Å². The second kappa shape index (κ2) is 51.7. The van der Waals surface area contributed by atoms with Crippen LogP contribution in [0.25, 0.3) is 10.9 Å². The van der Waals surface area contributed by atoms with E-state index in [4.69, 9.17) is 17.2 Å². The first kappa shape index (κ1) is 104. The molecule has 0 saturated carbocycles. The average molecular weight is 1830 g/mol. The highest BCUT2D eigenvalue weighted by atomic mass is 32.2. The number of unbranched alkanes of at least 4 members (excludes halogenated alkanes) is 2. The lowest BCUT2D eigenvalue weighted by Gasteiger charge is -2.38. The minimum absolute atomic E-state index is 0.0176. The minimum atomic E-state index is -1.52. The smallest absolute Gasteiger partial charge is 0.303 e. The fourth-order valence-electron chi connectivity index (χ4n) is 16.3. The molecule has 0 bridgehead atoms. The number of thioether (sulfide) groups is 1. The third-order valence-corrected chi connectivity index (χ3v) is 24.7. The van der Waals surface area contributed by atoms with Gasteiger partial charge in [0, 0.05) is 89.2 Å². The first-order valence-electron chi connectivity index (χ1n) is 44.9. The molecule has 13 atom stereocenters. The molecule has 35 nitrogen and oxygen atoms in total. The Bertz CT molecular complexity index is 4870. The van der Waals surface area contributed by atoms with Crippen LogP contribution in [0.1, 0.15) is 146 Å². The Balaban J connectivity index is 0.974. The van der Waals surface area contributed by atoms with Gasteiger partial charge >= 0.3 is 5.97 Å². The lowest BCUT2D eigenvalue weighted by molar-refractivity contribution is -0.152. The summed E-state index contributed by atoms with van der Waals surface area (Å²) in [7, 11) is 4.24. The minimum Gasteiger partial charge on any atom is -0.508 e. The van der Waals surface area contributed by atoms with Gasteiger partial charge in [-0.3, -0.25) is 71.9 Å². The number of benzene rings is 5. The number of carboxylic acids is 1. The quantitative estimate of drug-likeness (QED) is 0.0193. The molecule has 1 aromatic heterocycles. The van der Waals surface area contributed by atoms with Crippen LogP contribution >= 0.6 is 11.8 Å². The highest BCUT2D eigenvalue weighted by Gasteiger charge is 2.46. The van der Waals surface area contributed by atoms with E-state index in [1.807, 2.05) is 45.0 Å². The topological polar surface area (TPSA) is 520 Å². The monoisotopic (exact) mass is 1830 g/mol. The summed E-state index contributed by atoms with van der Waals surface area (Å²) in [6.07, 6.45) is 4.36. The fraction of sp³-hybridized carbons (Fsp3) is 0.495. The summed E-state index contributed by atoms with van der Waals surface area (Å²) in [6.45, 7) is 8.64. The molecule has 6 aromatic rings. The Morgan fingerprint density at radius 3 is 1.66 bits per heavy atom. The van der Waals surface area contributed by atoms with Gasteiger partial charge in [-0.05, 0) is 135 Å². The number of phenolic OH excluding ortho intramolecular Hbond substituents is 1. The molecule has 0 spiro atoms. The first-order valence-corrected chi connectivity index (χ1v) is 46.0. The Hall–Kier alpha value is -12.6. The first-order chi connectivity index (χ1) is 62.6. The van der Waals surface area contributed by atoms with Crippen molar-refractivity contribution in [1.82, 2.24) is 72.0 Å². The van der Waals surface area contributed by atoms with Crippen molar-refractivity contribution >= 4 is 118 Å². The molecule has 36 heteroatoms. The van der Waals surface area contributed by atoms with Crippen molar-refractivity contribution in [3.63, 3.8) is 0 Å². The second-order valence-electron chi connectivity index (χ2n) is 34.4. The van der Waals surface area contributed by atoms with Crippen LogP contribution in [-0.2, 0) is 109 Å². The number of carboxylic acid groups (broad SMARTS) is 1. The number of primary amides is 1. The van der Waals surface area contributed by atoms with E-state index in [9.17, 15) is 53.4 Å². The van der Waals surface area contributed by atoms with E-state index in [0.717, 1.165) is 33.1 Å². The molecular formula is C95H129N17O18S. The number of aromatic hydroxyl groups is 1. The van der Waals surface area contributed by atoms with E-state index in [-0.39, 0.29) is 101 Å². The number of nitrogens with one attached hydrogen (secondary N) is 9. The number of fused-ring (bicyclic) bond motifs is 1. The Kier molecular flexibility index (Phi) is 41.0.